The Bertz CT molecular complexity index is 249. The molecule has 0 bridgehead atoms. The van der Waals surface area contributed by atoms with Crippen molar-refractivity contribution in [1.82, 2.24) is 5.32 Å². The average molecular weight is 257 g/mol. The minimum atomic E-state index is -0.846. The Labute approximate surface area is 110 Å². The molecule has 2 atom stereocenters. The van der Waals surface area contributed by atoms with Gasteiger partial charge in [-0.2, -0.15) is 0 Å². The highest BCUT2D eigenvalue weighted by Crippen LogP contribution is 2.18. The first-order chi connectivity index (χ1) is 8.59. The molecule has 0 saturated carbocycles. The number of nitrogens with one attached hydrogen (secondary N) is 1. The molecule has 0 aromatic rings. The summed E-state index contributed by atoms with van der Waals surface area (Å²) < 4.78 is 5.15. The minimum absolute atomic E-state index is 0.0540. The van der Waals surface area contributed by atoms with Crippen molar-refractivity contribution in [3.8, 4) is 0 Å². The largest absolute Gasteiger partial charge is 0.386 e. The summed E-state index contributed by atoms with van der Waals surface area (Å²) in [6.45, 7) is 5.53. The van der Waals surface area contributed by atoms with Crippen LogP contribution >= 0.6 is 0 Å². The first kappa shape index (κ1) is 15.4. The number of rotatable bonds is 8. The maximum atomic E-state index is 11.8. The van der Waals surface area contributed by atoms with Crippen LogP contribution in [0.5, 0.6) is 0 Å². The second-order valence-electron chi connectivity index (χ2n) is 5.42. The van der Waals surface area contributed by atoms with E-state index in [1.165, 1.54) is 12.8 Å². The van der Waals surface area contributed by atoms with Crippen LogP contribution in [0, 0.1) is 5.92 Å². The zero-order valence-corrected chi connectivity index (χ0v) is 11.7. The lowest BCUT2D eigenvalue weighted by molar-refractivity contribution is -0.123. The Balaban J connectivity index is 2.23. The molecule has 1 fully saturated rings. The topological polar surface area (TPSA) is 58.6 Å². The van der Waals surface area contributed by atoms with Crippen molar-refractivity contribution in [1.29, 1.82) is 0 Å². The van der Waals surface area contributed by atoms with Crippen LogP contribution in [0.2, 0.25) is 0 Å². The van der Waals surface area contributed by atoms with Crippen LogP contribution in [-0.4, -0.2) is 36.4 Å². The van der Waals surface area contributed by atoms with Crippen molar-refractivity contribution in [2.45, 2.75) is 58.0 Å². The van der Waals surface area contributed by atoms with Crippen LogP contribution in [-0.2, 0) is 9.53 Å². The number of ether oxygens (including phenoxy) is 1. The summed E-state index contributed by atoms with van der Waals surface area (Å²) in [5.74, 6) is 0.526. The third-order valence-electron chi connectivity index (χ3n) is 3.71. The molecular formula is C14H27NO3. The number of carbonyl (C=O) groups excluding carboxylic acids is 1. The summed E-state index contributed by atoms with van der Waals surface area (Å²) in [5, 5.41) is 12.9. The second-order valence-corrected chi connectivity index (χ2v) is 5.42. The van der Waals surface area contributed by atoms with Crippen LogP contribution in [0.1, 0.15) is 52.4 Å². The lowest BCUT2D eigenvalue weighted by Crippen LogP contribution is -2.43. The van der Waals surface area contributed by atoms with Crippen LogP contribution < -0.4 is 5.32 Å². The fourth-order valence-corrected chi connectivity index (χ4v) is 2.28. The maximum Gasteiger partial charge on any atom is 0.220 e. The number of hydrogen-bond donors (Lipinski definition) is 2. The molecule has 1 aliphatic heterocycles. The van der Waals surface area contributed by atoms with E-state index in [0.717, 1.165) is 12.8 Å². The quantitative estimate of drug-likeness (QED) is 0.698. The van der Waals surface area contributed by atoms with Gasteiger partial charge in [0.05, 0.1) is 6.61 Å². The van der Waals surface area contributed by atoms with Crippen LogP contribution in [0.15, 0.2) is 0 Å². The van der Waals surface area contributed by atoms with Gasteiger partial charge < -0.3 is 15.2 Å². The van der Waals surface area contributed by atoms with Crippen molar-refractivity contribution in [3.05, 3.63) is 0 Å². The van der Waals surface area contributed by atoms with Crippen molar-refractivity contribution >= 4 is 5.91 Å². The molecule has 0 aromatic carbocycles. The lowest BCUT2D eigenvalue weighted by Gasteiger charge is -2.21. The normalized spacial score (nSPS) is 25.1. The molecule has 1 saturated heterocycles. The first-order valence-corrected chi connectivity index (χ1v) is 7.16. The van der Waals surface area contributed by atoms with Gasteiger partial charge in [0.15, 0.2) is 0 Å². The van der Waals surface area contributed by atoms with Crippen LogP contribution in [0.3, 0.4) is 0 Å². The van der Waals surface area contributed by atoms with Gasteiger partial charge in [-0.15, -0.1) is 0 Å². The van der Waals surface area contributed by atoms with E-state index in [-0.39, 0.29) is 5.91 Å². The molecule has 4 nitrogen and oxygen atoms in total. The standard InChI is InChI=1S/C14H27NO3/c1-3-5-6-12(4-2)9-13(16)15-10-14(17)7-8-18-11-14/h12,17H,3-11H2,1-2H3,(H,15,16). The van der Waals surface area contributed by atoms with Gasteiger partial charge >= 0.3 is 0 Å². The summed E-state index contributed by atoms with van der Waals surface area (Å²) in [6.07, 6.45) is 5.71. The molecule has 18 heavy (non-hydrogen) atoms. The van der Waals surface area contributed by atoms with Crippen molar-refractivity contribution in [3.63, 3.8) is 0 Å². The summed E-state index contributed by atoms with van der Waals surface area (Å²) in [4.78, 5) is 11.8. The van der Waals surface area contributed by atoms with Gasteiger partial charge in [0.1, 0.15) is 5.60 Å². The number of amides is 1. The highest BCUT2D eigenvalue weighted by atomic mass is 16.5. The molecule has 1 rings (SSSR count). The molecule has 4 heteroatoms. The van der Waals surface area contributed by atoms with E-state index in [0.29, 0.717) is 38.5 Å². The van der Waals surface area contributed by atoms with E-state index in [4.69, 9.17) is 4.74 Å². The fraction of sp³-hybridized carbons (Fsp3) is 0.929. The molecule has 1 amide bonds. The fourth-order valence-electron chi connectivity index (χ4n) is 2.28. The average Bonchev–Trinajstić information content (AvgIpc) is 2.79. The Morgan fingerprint density at radius 2 is 2.28 bits per heavy atom. The predicted octanol–water partition coefficient (Wildman–Crippen LogP) is 1.86. The number of aliphatic hydroxyl groups is 1. The smallest absolute Gasteiger partial charge is 0.220 e. The zero-order valence-electron chi connectivity index (χ0n) is 11.7. The van der Waals surface area contributed by atoms with E-state index in [2.05, 4.69) is 19.2 Å². The maximum absolute atomic E-state index is 11.8. The summed E-state index contributed by atoms with van der Waals surface area (Å²) in [6, 6.07) is 0. The van der Waals surface area contributed by atoms with Gasteiger partial charge in [0.2, 0.25) is 5.91 Å². The van der Waals surface area contributed by atoms with E-state index < -0.39 is 5.60 Å². The zero-order chi connectivity index (χ0) is 13.4. The number of carbonyl (C=O) groups is 1. The van der Waals surface area contributed by atoms with E-state index in [1.807, 2.05) is 0 Å². The van der Waals surface area contributed by atoms with E-state index in [9.17, 15) is 9.90 Å². The molecule has 0 radical (unpaired) electrons. The van der Waals surface area contributed by atoms with Gasteiger partial charge in [0.25, 0.3) is 0 Å². The van der Waals surface area contributed by atoms with E-state index in [1.54, 1.807) is 0 Å². The Morgan fingerprint density at radius 1 is 1.50 bits per heavy atom. The Kier molecular flexibility index (Phi) is 6.65. The van der Waals surface area contributed by atoms with Crippen LogP contribution in [0.25, 0.3) is 0 Å². The molecule has 106 valence electrons. The van der Waals surface area contributed by atoms with Crippen molar-refractivity contribution in [2.75, 3.05) is 19.8 Å². The molecule has 0 aromatic heterocycles. The Morgan fingerprint density at radius 3 is 2.83 bits per heavy atom. The van der Waals surface area contributed by atoms with Gasteiger partial charge in [-0.25, -0.2) is 0 Å². The predicted molar refractivity (Wildman–Crippen MR) is 71.3 cm³/mol. The van der Waals surface area contributed by atoms with Crippen molar-refractivity contribution in [2.24, 2.45) is 5.92 Å². The lowest BCUT2D eigenvalue weighted by atomic mass is 9.95. The first-order valence-electron chi connectivity index (χ1n) is 7.16. The molecule has 1 heterocycles. The second kappa shape index (κ2) is 7.74. The molecule has 2 unspecified atom stereocenters. The summed E-state index contributed by atoms with van der Waals surface area (Å²) in [5.41, 5.74) is -0.846. The van der Waals surface area contributed by atoms with E-state index >= 15 is 0 Å². The molecule has 2 N–H and O–H groups in total. The van der Waals surface area contributed by atoms with Gasteiger partial charge in [-0.1, -0.05) is 33.1 Å². The molecular weight excluding hydrogens is 230 g/mol. The Hall–Kier alpha value is -0.610. The van der Waals surface area contributed by atoms with Gasteiger partial charge in [-0.05, 0) is 12.3 Å². The van der Waals surface area contributed by atoms with Gasteiger partial charge in [-0.3, -0.25) is 4.79 Å². The minimum Gasteiger partial charge on any atom is -0.386 e. The summed E-state index contributed by atoms with van der Waals surface area (Å²) in [7, 11) is 0. The molecule has 0 aliphatic carbocycles. The molecule has 1 aliphatic rings. The third-order valence-corrected chi connectivity index (χ3v) is 3.71. The SMILES string of the molecule is CCCCC(CC)CC(=O)NCC1(O)CCOC1. The molecule has 0 spiro atoms. The number of hydrogen-bond acceptors (Lipinski definition) is 3. The van der Waals surface area contributed by atoms with Gasteiger partial charge in [0, 0.05) is 26.0 Å². The highest BCUT2D eigenvalue weighted by Gasteiger charge is 2.32. The van der Waals surface area contributed by atoms with Crippen LogP contribution in [0.4, 0.5) is 0 Å². The van der Waals surface area contributed by atoms with Crippen molar-refractivity contribution < 1.29 is 14.6 Å². The summed E-state index contributed by atoms with van der Waals surface area (Å²) >= 11 is 0. The monoisotopic (exact) mass is 257 g/mol. The third kappa shape index (κ3) is 5.36. The highest BCUT2D eigenvalue weighted by molar-refractivity contribution is 5.76. The number of unbranched alkanes of at least 4 members (excludes halogenated alkanes) is 1.